The Morgan fingerprint density at radius 3 is 2.62 bits per heavy atom. The maximum Gasteiger partial charge on any atom is 0.258 e. The molecule has 2 aromatic carbocycles. The number of benzene rings is 2. The maximum absolute atomic E-state index is 13.5. The van der Waals surface area contributed by atoms with Gasteiger partial charge in [-0.25, -0.2) is 8.78 Å². The van der Waals surface area contributed by atoms with Crippen LogP contribution in [0, 0.1) is 11.6 Å². The molecule has 2 rings (SSSR count). The molecular formula is C16H16F2N2O. The van der Waals surface area contributed by atoms with Crippen LogP contribution >= 0.6 is 0 Å². The topological polar surface area (TPSA) is 41.1 Å². The largest absolute Gasteiger partial charge is 0.322 e. The van der Waals surface area contributed by atoms with Crippen LogP contribution in [0.25, 0.3) is 0 Å². The van der Waals surface area contributed by atoms with Gasteiger partial charge in [0.05, 0.1) is 5.56 Å². The van der Waals surface area contributed by atoms with Crippen molar-refractivity contribution in [1.29, 1.82) is 0 Å². The summed E-state index contributed by atoms with van der Waals surface area (Å²) >= 11 is 0. The molecule has 1 atom stereocenters. The van der Waals surface area contributed by atoms with E-state index in [0.717, 1.165) is 23.8 Å². The molecule has 1 amide bonds. The van der Waals surface area contributed by atoms with E-state index in [1.807, 2.05) is 20.0 Å². The van der Waals surface area contributed by atoms with E-state index >= 15 is 0 Å². The van der Waals surface area contributed by atoms with Gasteiger partial charge in [-0.15, -0.1) is 0 Å². The Balaban J connectivity index is 2.21. The van der Waals surface area contributed by atoms with Gasteiger partial charge in [0.1, 0.15) is 11.6 Å². The van der Waals surface area contributed by atoms with E-state index in [4.69, 9.17) is 0 Å². The molecule has 0 aromatic heterocycles. The van der Waals surface area contributed by atoms with Crippen LogP contribution in [0.1, 0.15) is 28.9 Å². The van der Waals surface area contributed by atoms with Crippen LogP contribution < -0.4 is 10.6 Å². The fraction of sp³-hybridized carbons (Fsp3) is 0.188. The molecular weight excluding hydrogens is 274 g/mol. The number of anilines is 1. The van der Waals surface area contributed by atoms with Crippen molar-refractivity contribution in [3.05, 3.63) is 65.2 Å². The first-order valence-corrected chi connectivity index (χ1v) is 6.55. The summed E-state index contributed by atoms with van der Waals surface area (Å²) < 4.78 is 26.7. The van der Waals surface area contributed by atoms with Crippen molar-refractivity contribution in [3.63, 3.8) is 0 Å². The number of halogens is 2. The number of rotatable bonds is 4. The first-order valence-electron chi connectivity index (χ1n) is 6.55. The lowest BCUT2D eigenvalue weighted by Crippen LogP contribution is -2.15. The van der Waals surface area contributed by atoms with Gasteiger partial charge >= 0.3 is 0 Å². The second kappa shape index (κ2) is 6.45. The van der Waals surface area contributed by atoms with Crippen molar-refractivity contribution in [2.45, 2.75) is 13.0 Å². The highest BCUT2D eigenvalue weighted by atomic mass is 19.1. The van der Waals surface area contributed by atoms with Crippen molar-refractivity contribution in [2.24, 2.45) is 0 Å². The highest BCUT2D eigenvalue weighted by Crippen LogP contribution is 2.18. The number of hydrogen-bond acceptors (Lipinski definition) is 2. The van der Waals surface area contributed by atoms with Gasteiger partial charge < -0.3 is 10.6 Å². The van der Waals surface area contributed by atoms with E-state index < -0.39 is 17.5 Å². The summed E-state index contributed by atoms with van der Waals surface area (Å²) in [6.45, 7) is 1.98. The fourth-order valence-corrected chi connectivity index (χ4v) is 1.92. The molecule has 0 aliphatic rings. The Kier molecular flexibility index (Phi) is 4.65. The van der Waals surface area contributed by atoms with E-state index in [1.54, 1.807) is 18.2 Å². The van der Waals surface area contributed by atoms with Gasteiger partial charge in [-0.1, -0.05) is 12.1 Å². The number of nitrogens with one attached hydrogen (secondary N) is 2. The first-order chi connectivity index (χ1) is 10.0. The van der Waals surface area contributed by atoms with Gasteiger partial charge in [-0.05, 0) is 49.9 Å². The minimum absolute atomic E-state index is 0.118. The average molecular weight is 290 g/mol. The summed E-state index contributed by atoms with van der Waals surface area (Å²) in [7, 11) is 1.83. The third kappa shape index (κ3) is 3.64. The van der Waals surface area contributed by atoms with Crippen LogP contribution in [0.3, 0.4) is 0 Å². The summed E-state index contributed by atoms with van der Waals surface area (Å²) in [6, 6.07) is 10.1. The van der Waals surface area contributed by atoms with Crippen LogP contribution in [0.15, 0.2) is 42.5 Å². The second-order valence-electron chi connectivity index (χ2n) is 4.71. The van der Waals surface area contributed by atoms with Crippen LogP contribution in [-0.4, -0.2) is 13.0 Å². The molecule has 0 heterocycles. The molecule has 1 unspecified atom stereocenters. The minimum Gasteiger partial charge on any atom is -0.322 e. The molecule has 0 saturated heterocycles. The molecule has 0 spiro atoms. The molecule has 0 aliphatic carbocycles. The molecule has 2 aromatic rings. The Morgan fingerprint density at radius 2 is 1.90 bits per heavy atom. The Hall–Kier alpha value is -2.27. The molecule has 21 heavy (non-hydrogen) atoms. The van der Waals surface area contributed by atoms with Crippen LogP contribution in [0.5, 0.6) is 0 Å². The van der Waals surface area contributed by atoms with E-state index in [2.05, 4.69) is 10.6 Å². The zero-order valence-electron chi connectivity index (χ0n) is 11.8. The number of amides is 1. The molecule has 0 aliphatic heterocycles. The summed E-state index contributed by atoms with van der Waals surface area (Å²) in [5.74, 6) is -2.09. The van der Waals surface area contributed by atoms with Gasteiger partial charge in [0, 0.05) is 11.7 Å². The fourth-order valence-electron chi connectivity index (χ4n) is 1.92. The quantitative estimate of drug-likeness (QED) is 0.905. The Bertz CT molecular complexity index is 658. The molecule has 110 valence electrons. The van der Waals surface area contributed by atoms with Gasteiger partial charge in [0.2, 0.25) is 0 Å². The number of carbonyl (C=O) groups excluding carboxylic acids is 1. The minimum atomic E-state index is -0.756. The third-order valence-electron chi connectivity index (χ3n) is 3.25. The molecule has 0 saturated carbocycles. The lowest BCUT2D eigenvalue weighted by Gasteiger charge is -2.13. The molecule has 0 fully saturated rings. The number of carbonyl (C=O) groups is 1. The van der Waals surface area contributed by atoms with E-state index in [9.17, 15) is 13.6 Å². The van der Waals surface area contributed by atoms with Crippen molar-refractivity contribution in [2.75, 3.05) is 12.4 Å². The predicted octanol–water partition coefficient (Wildman–Crippen LogP) is 3.50. The van der Waals surface area contributed by atoms with Crippen molar-refractivity contribution < 1.29 is 13.6 Å². The second-order valence-corrected chi connectivity index (χ2v) is 4.71. The van der Waals surface area contributed by atoms with E-state index in [1.165, 1.54) is 0 Å². The zero-order valence-corrected chi connectivity index (χ0v) is 11.8. The van der Waals surface area contributed by atoms with Gasteiger partial charge in [0.15, 0.2) is 0 Å². The predicted molar refractivity (Wildman–Crippen MR) is 78.2 cm³/mol. The summed E-state index contributed by atoms with van der Waals surface area (Å²) in [5.41, 5.74) is 1.19. The SMILES string of the molecule is CNC(C)c1cccc(NC(=O)c2cc(F)ccc2F)c1. The van der Waals surface area contributed by atoms with E-state index in [0.29, 0.717) is 5.69 Å². The Labute approximate surface area is 122 Å². The normalized spacial score (nSPS) is 12.0. The Morgan fingerprint density at radius 1 is 1.14 bits per heavy atom. The maximum atomic E-state index is 13.5. The molecule has 3 nitrogen and oxygen atoms in total. The number of hydrogen-bond donors (Lipinski definition) is 2. The monoisotopic (exact) mass is 290 g/mol. The van der Waals surface area contributed by atoms with Crippen LogP contribution in [-0.2, 0) is 0 Å². The lowest BCUT2D eigenvalue weighted by atomic mass is 10.1. The zero-order chi connectivity index (χ0) is 15.4. The smallest absolute Gasteiger partial charge is 0.258 e. The summed E-state index contributed by atoms with van der Waals surface area (Å²) in [4.78, 5) is 12.0. The summed E-state index contributed by atoms with van der Waals surface area (Å²) in [5, 5.41) is 5.66. The average Bonchev–Trinajstić information content (AvgIpc) is 2.49. The molecule has 0 bridgehead atoms. The van der Waals surface area contributed by atoms with Crippen molar-refractivity contribution in [3.8, 4) is 0 Å². The first kappa shape index (κ1) is 15.1. The molecule has 0 radical (unpaired) electrons. The highest BCUT2D eigenvalue weighted by Gasteiger charge is 2.13. The third-order valence-corrected chi connectivity index (χ3v) is 3.25. The molecule has 5 heteroatoms. The summed E-state index contributed by atoms with van der Waals surface area (Å²) in [6.07, 6.45) is 0. The standard InChI is InChI=1S/C16H16F2N2O/c1-10(19-2)11-4-3-5-13(8-11)20-16(21)14-9-12(17)6-7-15(14)18/h3-10,19H,1-2H3,(H,20,21). The van der Waals surface area contributed by atoms with Crippen molar-refractivity contribution in [1.82, 2.24) is 5.32 Å². The molecule has 2 N–H and O–H groups in total. The van der Waals surface area contributed by atoms with Gasteiger partial charge in [-0.3, -0.25) is 4.79 Å². The lowest BCUT2D eigenvalue weighted by molar-refractivity contribution is 0.102. The van der Waals surface area contributed by atoms with Crippen LogP contribution in [0.2, 0.25) is 0 Å². The highest BCUT2D eigenvalue weighted by molar-refractivity contribution is 6.04. The van der Waals surface area contributed by atoms with Crippen LogP contribution in [0.4, 0.5) is 14.5 Å². The van der Waals surface area contributed by atoms with Crippen molar-refractivity contribution >= 4 is 11.6 Å². The van der Waals surface area contributed by atoms with Gasteiger partial charge in [0.25, 0.3) is 5.91 Å². The van der Waals surface area contributed by atoms with E-state index in [-0.39, 0.29) is 11.6 Å². The van der Waals surface area contributed by atoms with Gasteiger partial charge in [-0.2, -0.15) is 0 Å².